The van der Waals surface area contributed by atoms with E-state index in [0.29, 0.717) is 4.90 Å². The molecule has 1 aromatic carbocycles. The van der Waals surface area contributed by atoms with Gasteiger partial charge in [-0.05, 0) is 18.2 Å². The van der Waals surface area contributed by atoms with Crippen LogP contribution in [0.5, 0.6) is 0 Å². The van der Waals surface area contributed by atoms with Gasteiger partial charge in [0.05, 0.1) is 5.56 Å². The SMILES string of the molecule is FC(F)(F)c1ccc(S)cc1Br. The predicted molar refractivity (Wildman–Crippen MR) is 46.4 cm³/mol. The maximum Gasteiger partial charge on any atom is 0.417 e. The molecule has 0 aromatic heterocycles. The highest BCUT2D eigenvalue weighted by molar-refractivity contribution is 9.10. The Bertz CT molecular complexity index is 295. The average Bonchev–Trinajstić information content (AvgIpc) is 1.83. The largest absolute Gasteiger partial charge is 0.417 e. The zero-order valence-corrected chi connectivity index (χ0v) is 8.17. The highest BCUT2D eigenvalue weighted by atomic mass is 79.9. The molecule has 0 aliphatic heterocycles. The molecule has 66 valence electrons. The maximum absolute atomic E-state index is 12.1. The molecule has 0 fully saturated rings. The fourth-order valence-corrected chi connectivity index (χ4v) is 1.72. The van der Waals surface area contributed by atoms with Gasteiger partial charge in [0.2, 0.25) is 0 Å². The molecule has 0 unspecified atom stereocenters. The summed E-state index contributed by atoms with van der Waals surface area (Å²) < 4.78 is 36.4. The summed E-state index contributed by atoms with van der Waals surface area (Å²) in [5, 5.41) is 0. The summed E-state index contributed by atoms with van der Waals surface area (Å²) in [6.45, 7) is 0. The van der Waals surface area contributed by atoms with E-state index < -0.39 is 11.7 Å². The molecule has 0 N–H and O–H groups in total. The molecule has 0 nitrogen and oxygen atoms in total. The van der Waals surface area contributed by atoms with E-state index in [1.807, 2.05) is 0 Å². The first-order chi connectivity index (χ1) is 5.41. The number of rotatable bonds is 0. The third kappa shape index (κ3) is 2.17. The minimum absolute atomic E-state index is 0.0162. The van der Waals surface area contributed by atoms with E-state index in [-0.39, 0.29) is 4.47 Å². The van der Waals surface area contributed by atoms with E-state index >= 15 is 0 Å². The van der Waals surface area contributed by atoms with Crippen LogP contribution in [0.25, 0.3) is 0 Å². The molecule has 1 aromatic rings. The summed E-state index contributed by atoms with van der Waals surface area (Å²) in [7, 11) is 0. The Hall–Kier alpha value is -0.160. The molecule has 1 rings (SSSR count). The number of hydrogen-bond donors (Lipinski definition) is 1. The van der Waals surface area contributed by atoms with Gasteiger partial charge in [-0.25, -0.2) is 0 Å². The van der Waals surface area contributed by atoms with Crippen molar-refractivity contribution in [1.82, 2.24) is 0 Å². The number of hydrogen-bond acceptors (Lipinski definition) is 1. The number of alkyl halides is 3. The molecular weight excluding hydrogens is 253 g/mol. The second-order valence-corrected chi connectivity index (χ2v) is 3.53. The quantitative estimate of drug-likeness (QED) is 0.672. The minimum atomic E-state index is -4.31. The molecule has 0 bridgehead atoms. The first-order valence-electron chi connectivity index (χ1n) is 2.97. The Morgan fingerprint density at radius 2 is 1.83 bits per heavy atom. The van der Waals surface area contributed by atoms with Gasteiger partial charge in [0.25, 0.3) is 0 Å². The van der Waals surface area contributed by atoms with Crippen molar-refractivity contribution in [1.29, 1.82) is 0 Å². The lowest BCUT2D eigenvalue weighted by atomic mass is 10.2. The van der Waals surface area contributed by atoms with Crippen molar-refractivity contribution in [3.05, 3.63) is 28.2 Å². The number of thiol groups is 1. The van der Waals surface area contributed by atoms with E-state index in [2.05, 4.69) is 28.6 Å². The standard InChI is InChI=1S/C7H4BrF3S/c8-6-3-4(12)1-2-5(6)7(9,10)11/h1-3,12H. The second kappa shape index (κ2) is 3.30. The molecule has 0 heterocycles. The van der Waals surface area contributed by atoms with E-state index in [1.54, 1.807) is 0 Å². The normalized spacial score (nSPS) is 11.8. The molecule has 0 saturated carbocycles. The maximum atomic E-state index is 12.1. The molecular formula is C7H4BrF3S. The molecule has 0 saturated heterocycles. The highest BCUT2D eigenvalue weighted by Gasteiger charge is 2.32. The molecule has 5 heteroatoms. The first kappa shape index (κ1) is 9.92. The summed E-state index contributed by atoms with van der Waals surface area (Å²) in [6.07, 6.45) is -4.31. The third-order valence-electron chi connectivity index (χ3n) is 1.26. The number of benzene rings is 1. The van der Waals surface area contributed by atoms with Crippen LogP contribution in [0.15, 0.2) is 27.6 Å². The average molecular weight is 257 g/mol. The van der Waals surface area contributed by atoms with Crippen molar-refractivity contribution < 1.29 is 13.2 Å². The third-order valence-corrected chi connectivity index (χ3v) is 2.19. The zero-order chi connectivity index (χ0) is 9.35. The van der Waals surface area contributed by atoms with Crippen molar-refractivity contribution in [3.8, 4) is 0 Å². The summed E-state index contributed by atoms with van der Waals surface area (Å²) in [4.78, 5) is 0.495. The first-order valence-corrected chi connectivity index (χ1v) is 4.21. The Balaban J connectivity index is 3.19. The van der Waals surface area contributed by atoms with Gasteiger partial charge in [-0.3, -0.25) is 0 Å². The van der Waals surface area contributed by atoms with E-state index in [0.717, 1.165) is 6.07 Å². The molecule has 0 atom stereocenters. The molecule has 0 amide bonds. The Morgan fingerprint density at radius 1 is 1.25 bits per heavy atom. The molecule has 0 spiro atoms. The zero-order valence-electron chi connectivity index (χ0n) is 5.69. The molecule has 12 heavy (non-hydrogen) atoms. The lowest BCUT2D eigenvalue weighted by Crippen LogP contribution is -2.05. The fraction of sp³-hybridized carbons (Fsp3) is 0.143. The van der Waals surface area contributed by atoms with Crippen LogP contribution in [0.3, 0.4) is 0 Å². The van der Waals surface area contributed by atoms with Gasteiger partial charge in [-0.1, -0.05) is 15.9 Å². The van der Waals surface area contributed by atoms with Crippen molar-refractivity contribution in [2.75, 3.05) is 0 Å². The summed E-state index contributed by atoms with van der Waals surface area (Å²) in [6, 6.07) is 3.61. The number of halogens is 4. The lowest BCUT2D eigenvalue weighted by molar-refractivity contribution is -0.138. The molecule has 0 aliphatic rings. The monoisotopic (exact) mass is 256 g/mol. The summed E-state index contributed by atoms with van der Waals surface area (Å²) in [5.74, 6) is 0. The van der Waals surface area contributed by atoms with E-state index in [1.165, 1.54) is 12.1 Å². The van der Waals surface area contributed by atoms with Crippen LogP contribution >= 0.6 is 28.6 Å². The van der Waals surface area contributed by atoms with E-state index in [4.69, 9.17) is 0 Å². The van der Waals surface area contributed by atoms with Gasteiger partial charge < -0.3 is 0 Å². The van der Waals surface area contributed by atoms with Crippen LogP contribution in [-0.4, -0.2) is 0 Å². The van der Waals surface area contributed by atoms with Crippen molar-refractivity contribution in [2.24, 2.45) is 0 Å². The van der Waals surface area contributed by atoms with Crippen LogP contribution in [-0.2, 0) is 6.18 Å². The van der Waals surface area contributed by atoms with Crippen LogP contribution in [0, 0.1) is 0 Å². The van der Waals surface area contributed by atoms with Gasteiger partial charge in [0.15, 0.2) is 0 Å². The van der Waals surface area contributed by atoms with Gasteiger partial charge in [0, 0.05) is 9.37 Å². The van der Waals surface area contributed by atoms with Gasteiger partial charge in [-0.2, -0.15) is 13.2 Å². The van der Waals surface area contributed by atoms with Crippen LogP contribution in [0.1, 0.15) is 5.56 Å². The molecule has 0 radical (unpaired) electrons. The Labute approximate surface area is 81.3 Å². The van der Waals surface area contributed by atoms with E-state index in [9.17, 15) is 13.2 Å². The summed E-state index contributed by atoms with van der Waals surface area (Å²) >= 11 is 6.71. The van der Waals surface area contributed by atoms with Gasteiger partial charge >= 0.3 is 6.18 Å². The van der Waals surface area contributed by atoms with Crippen LogP contribution in [0.2, 0.25) is 0 Å². The fourth-order valence-electron chi connectivity index (χ4n) is 0.734. The Kier molecular flexibility index (Phi) is 2.73. The topological polar surface area (TPSA) is 0 Å². The summed E-state index contributed by atoms with van der Waals surface area (Å²) in [5.41, 5.74) is -0.680. The molecule has 0 aliphatic carbocycles. The van der Waals surface area contributed by atoms with Crippen molar-refractivity contribution in [3.63, 3.8) is 0 Å². The lowest BCUT2D eigenvalue weighted by Gasteiger charge is -2.08. The van der Waals surface area contributed by atoms with Crippen molar-refractivity contribution in [2.45, 2.75) is 11.1 Å². The Morgan fingerprint density at radius 3 is 2.25 bits per heavy atom. The highest BCUT2D eigenvalue weighted by Crippen LogP contribution is 2.35. The van der Waals surface area contributed by atoms with Gasteiger partial charge in [-0.15, -0.1) is 12.6 Å². The van der Waals surface area contributed by atoms with Crippen LogP contribution < -0.4 is 0 Å². The predicted octanol–water partition coefficient (Wildman–Crippen LogP) is 3.76. The van der Waals surface area contributed by atoms with Gasteiger partial charge in [0.1, 0.15) is 0 Å². The van der Waals surface area contributed by atoms with Crippen LogP contribution in [0.4, 0.5) is 13.2 Å². The van der Waals surface area contributed by atoms with Crippen molar-refractivity contribution >= 4 is 28.6 Å². The second-order valence-electron chi connectivity index (χ2n) is 2.16. The smallest absolute Gasteiger partial charge is 0.166 e. The minimum Gasteiger partial charge on any atom is -0.166 e.